The minimum Gasteiger partial charge on any atom is -0.476 e. The zero-order chi connectivity index (χ0) is 26.1. The van der Waals surface area contributed by atoms with Crippen molar-refractivity contribution in [3.63, 3.8) is 0 Å². The third-order valence-electron chi connectivity index (χ3n) is 6.03. The first kappa shape index (κ1) is 24.9. The smallest absolute Gasteiger partial charge is 0.356 e. The van der Waals surface area contributed by atoms with Gasteiger partial charge in [-0.25, -0.2) is 9.78 Å². The van der Waals surface area contributed by atoms with Crippen LogP contribution in [0.5, 0.6) is 0 Å². The van der Waals surface area contributed by atoms with Crippen molar-refractivity contribution < 1.29 is 14.3 Å². The summed E-state index contributed by atoms with van der Waals surface area (Å²) < 4.78 is 6.39. The van der Waals surface area contributed by atoms with E-state index in [0.29, 0.717) is 44.7 Å². The molecule has 0 spiro atoms. The van der Waals surface area contributed by atoms with E-state index in [0.717, 1.165) is 11.3 Å². The summed E-state index contributed by atoms with van der Waals surface area (Å²) in [5.74, 6) is -0.798. The van der Waals surface area contributed by atoms with Gasteiger partial charge >= 0.3 is 5.97 Å². The predicted octanol–water partition coefficient (Wildman–Crippen LogP) is 6.04. The fourth-order valence-electron chi connectivity index (χ4n) is 4.24. The maximum absolute atomic E-state index is 13.4. The number of nitrogens with zero attached hydrogens (tertiary/aromatic N) is 1. The SMILES string of the molecule is CNc1ccc(-c2oc3c(C(C)Nc4ccc(Cl)nc4C(=O)O)cc(C)cc3c(=O)c2C)cc1C=N. The van der Waals surface area contributed by atoms with E-state index >= 15 is 0 Å². The van der Waals surface area contributed by atoms with Crippen LogP contribution in [0, 0.1) is 19.3 Å². The van der Waals surface area contributed by atoms with E-state index in [1.54, 1.807) is 32.2 Å². The summed E-state index contributed by atoms with van der Waals surface area (Å²) in [6.45, 7) is 5.46. The molecular weight excluding hydrogens is 480 g/mol. The fraction of sp³-hybridized carbons (Fsp3) is 0.185. The summed E-state index contributed by atoms with van der Waals surface area (Å²) in [4.78, 5) is 29.0. The van der Waals surface area contributed by atoms with E-state index in [4.69, 9.17) is 21.4 Å². The Bertz CT molecular complexity index is 1580. The van der Waals surface area contributed by atoms with E-state index in [-0.39, 0.29) is 16.3 Å². The number of carboxylic acid groups (broad SMARTS) is 1. The zero-order valence-electron chi connectivity index (χ0n) is 20.2. The summed E-state index contributed by atoms with van der Waals surface area (Å²) in [7, 11) is 1.78. The average Bonchev–Trinajstić information content (AvgIpc) is 2.86. The normalized spacial score (nSPS) is 11.8. The number of halogens is 1. The highest BCUT2D eigenvalue weighted by atomic mass is 35.5. The lowest BCUT2D eigenvalue weighted by Gasteiger charge is -2.20. The van der Waals surface area contributed by atoms with Crippen LogP contribution < -0.4 is 16.1 Å². The third-order valence-corrected chi connectivity index (χ3v) is 6.24. The van der Waals surface area contributed by atoms with Gasteiger partial charge in [-0.3, -0.25) is 4.79 Å². The second-order valence-electron chi connectivity index (χ2n) is 8.51. The van der Waals surface area contributed by atoms with Gasteiger partial charge in [0, 0.05) is 41.2 Å². The number of carbonyl (C=O) groups is 1. The molecule has 4 aromatic rings. The molecule has 0 saturated carbocycles. The van der Waals surface area contributed by atoms with Crippen LogP contribution in [0.2, 0.25) is 5.15 Å². The molecule has 0 aliphatic heterocycles. The number of aryl methyl sites for hydroxylation is 1. The van der Waals surface area contributed by atoms with E-state index in [2.05, 4.69) is 15.6 Å². The number of fused-ring (bicyclic) bond motifs is 1. The number of aromatic nitrogens is 1. The number of pyridine rings is 1. The molecule has 184 valence electrons. The minimum atomic E-state index is -1.21. The molecule has 0 amide bonds. The molecule has 0 saturated heterocycles. The summed E-state index contributed by atoms with van der Waals surface area (Å²) in [5.41, 5.74) is 4.47. The number of carboxylic acids is 1. The van der Waals surface area contributed by atoms with Crippen molar-refractivity contribution in [2.45, 2.75) is 26.8 Å². The predicted molar refractivity (Wildman–Crippen MR) is 143 cm³/mol. The van der Waals surface area contributed by atoms with Crippen LogP contribution in [0.15, 0.2) is 51.7 Å². The van der Waals surface area contributed by atoms with E-state index in [1.165, 1.54) is 12.3 Å². The maximum atomic E-state index is 13.4. The maximum Gasteiger partial charge on any atom is 0.356 e. The fourth-order valence-corrected chi connectivity index (χ4v) is 4.39. The molecule has 0 aliphatic rings. The van der Waals surface area contributed by atoms with Crippen molar-refractivity contribution in [3.8, 4) is 11.3 Å². The number of hydrogen-bond acceptors (Lipinski definition) is 7. The van der Waals surface area contributed by atoms with Crippen molar-refractivity contribution >= 4 is 46.1 Å². The topological polar surface area (TPSA) is 128 Å². The van der Waals surface area contributed by atoms with Crippen LogP contribution in [0.25, 0.3) is 22.3 Å². The molecular formula is C27H25ClN4O4. The van der Waals surface area contributed by atoms with Crippen molar-refractivity contribution in [1.29, 1.82) is 5.41 Å². The van der Waals surface area contributed by atoms with Crippen molar-refractivity contribution in [2.24, 2.45) is 0 Å². The molecule has 4 rings (SSSR count). The quantitative estimate of drug-likeness (QED) is 0.178. The van der Waals surface area contributed by atoms with E-state index in [1.807, 2.05) is 32.0 Å². The van der Waals surface area contributed by atoms with Crippen LogP contribution in [0.4, 0.5) is 11.4 Å². The van der Waals surface area contributed by atoms with Gasteiger partial charge in [-0.05, 0) is 62.7 Å². The number of hydrogen-bond donors (Lipinski definition) is 4. The Morgan fingerprint density at radius 1 is 1.17 bits per heavy atom. The Labute approximate surface area is 212 Å². The van der Waals surface area contributed by atoms with Crippen molar-refractivity contribution in [3.05, 3.63) is 85.8 Å². The number of anilines is 2. The standard InChI is InChI=1S/C27H25ClN4O4/c1-13-9-18(15(3)31-21-7-8-22(28)32-23(21)27(34)35)26-19(10-13)24(33)14(2)25(36-26)16-5-6-20(30-4)17(11-16)12-29/h5-12,15,29-31H,1-4H3,(H,34,35). The first-order valence-corrected chi connectivity index (χ1v) is 11.6. The van der Waals surface area contributed by atoms with Crippen LogP contribution in [0.1, 0.15) is 45.7 Å². The van der Waals surface area contributed by atoms with E-state index < -0.39 is 12.0 Å². The zero-order valence-corrected chi connectivity index (χ0v) is 20.9. The number of aromatic carboxylic acids is 1. The molecule has 0 aliphatic carbocycles. The molecule has 1 atom stereocenters. The molecule has 0 radical (unpaired) electrons. The van der Waals surface area contributed by atoms with Crippen LogP contribution in [-0.2, 0) is 0 Å². The molecule has 36 heavy (non-hydrogen) atoms. The minimum absolute atomic E-state index is 0.0753. The molecule has 1 unspecified atom stereocenters. The Balaban J connectivity index is 1.90. The first-order valence-electron chi connectivity index (χ1n) is 11.2. The first-order chi connectivity index (χ1) is 17.1. The van der Waals surface area contributed by atoms with Gasteiger partial charge < -0.3 is 25.6 Å². The Hall–Kier alpha value is -4.17. The molecule has 0 bridgehead atoms. The highest BCUT2D eigenvalue weighted by molar-refractivity contribution is 6.29. The van der Waals surface area contributed by atoms with E-state index in [9.17, 15) is 14.7 Å². The molecule has 2 heterocycles. The third kappa shape index (κ3) is 4.55. The number of benzene rings is 2. The van der Waals surface area contributed by atoms with Gasteiger partial charge in [0.15, 0.2) is 11.1 Å². The largest absolute Gasteiger partial charge is 0.476 e. The van der Waals surface area contributed by atoms with Crippen molar-refractivity contribution in [2.75, 3.05) is 17.7 Å². The van der Waals surface area contributed by atoms with Crippen molar-refractivity contribution in [1.82, 2.24) is 4.98 Å². The van der Waals surface area contributed by atoms with Gasteiger partial charge in [0.05, 0.1) is 17.1 Å². The monoisotopic (exact) mass is 504 g/mol. The van der Waals surface area contributed by atoms with Gasteiger partial charge in [-0.1, -0.05) is 17.7 Å². The molecule has 2 aromatic carbocycles. The molecule has 0 fully saturated rings. The Morgan fingerprint density at radius 2 is 1.89 bits per heavy atom. The Morgan fingerprint density at radius 3 is 2.56 bits per heavy atom. The highest BCUT2D eigenvalue weighted by Crippen LogP contribution is 2.33. The molecule has 9 heteroatoms. The summed E-state index contributed by atoms with van der Waals surface area (Å²) >= 11 is 5.89. The summed E-state index contributed by atoms with van der Waals surface area (Å²) in [5, 5.41) is 24.0. The van der Waals surface area contributed by atoms with Gasteiger partial charge in [0.25, 0.3) is 0 Å². The molecule has 4 N–H and O–H groups in total. The lowest BCUT2D eigenvalue weighted by Crippen LogP contribution is -2.14. The lowest BCUT2D eigenvalue weighted by molar-refractivity contribution is 0.0691. The molecule has 8 nitrogen and oxygen atoms in total. The summed E-state index contributed by atoms with van der Waals surface area (Å²) in [6, 6.07) is 11.8. The summed E-state index contributed by atoms with van der Waals surface area (Å²) in [6.07, 6.45) is 1.24. The second-order valence-corrected chi connectivity index (χ2v) is 8.90. The number of nitrogens with one attached hydrogen (secondary N) is 3. The lowest BCUT2D eigenvalue weighted by atomic mass is 9.98. The van der Waals surface area contributed by atoms with Crippen LogP contribution >= 0.6 is 11.6 Å². The Kier molecular flexibility index (Phi) is 6.81. The molecule has 2 aromatic heterocycles. The van der Waals surface area contributed by atoms with Crippen LogP contribution in [0.3, 0.4) is 0 Å². The number of rotatable bonds is 7. The van der Waals surface area contributed by atoms with Gasteiger partial charge in [0.1, 0.15) is 16.5 Å². The van der Waals surface area contributed by atoms with Gasteiger partial charge in [0.2, 0.25) is 0 Å². The highest BCUT2D eigenvalue weighted by Gasteiger charge is 2.21. The average molecular weight is 505 g/mol. The van der Waals surface area contributed by atoms with Gasteiger partial charge in [-0.2, -0.15) is 0 Å². The van der Waals surface area contributed by atoms with Gasteiger partial charge in [-0.15, -0.1) is 0 Å². The van der Waals surface area contributed by atoms with Crippen LogP contribution in [-0.4, -0.2) is 29.3 Å². The second kappa shape index (κ2) is 9.83.